The van der Waals surface area contributed by atoms with Gasteiger partial charge in [0.25, 0.3) is 6.48 Å². The quantitative estimate of drug-likeness (QED) is 0.608. The Balaban J connectivity index is 2.61. The van der Waals surface area contributed by atoms with E-state index in [-0.39, 0.29) is 0 Å². The molecule has 0 aliphatic carbocycles. The summed E-state index contributed by atoms with van der Waals surface area (Å²) in [6, 6.07) is 5.23. The molecule has 0 atom stereocenters. The molecule has 0 aliphatic rings. The van der Waals surface area contributed by atoms with E-state index in [1.165, 1.54) is 6.07 Å². The Morgan fingerprint density at radius 3 is 2.56 bits per heavy atom. The van der Waals surface area contributed by atoms with E-state index < -0.39 is 28.0 Å². The zero-order chi connectivity index (χ0) is 12.2. The zero-order valence-corrected chi connectivity index (χ0v) is 9.65. The minimum atomic E-state index is -4.35. The van der Waals surface area contributed by atoms with Crippen molar-refractivity contribution in [1.29, 1.82) is 0 Å². The van der Waals surface area contributed by atoms with E-state index >= 15 is 0 Å². The van der Waals surface area contributed by atoms with E-state index in [4.69, 9.17) is 10.2 Å². The van der Waals surface area contributed by atoms with Crippen molar-refractivity contribution in [1.82, 2.24) is 0 Å². The van der Waals surface area contributed by atoms with Crippen molar-refractivity contribution in [2.45, 2.75) is 18.7 Å². The third-order valence-corrected chi connectivity index (χ3v) is 3.23. The maximum absolute atomic E-state index is 12.3. The molecule has 7 heteroatoms. The Hall–Kier alpha value is -0.893. The summed E-state index contributed by atoms with van der Waals surface area (Å²) >= 11 is 0. The zero-order valence-electron chi connectivity index (χ0n) is 8.24. The van der Waals surface area contributed by atoms with E-state index in [2.05, 4.69) is 4.43 Å². The van der Waals surface area contributed by atoms with Crippen LogP contribution in [0.4, 0.5) is 13.2 Å². The van der Waals surface area contributed by atoms with Crippen LogP contribution in [0.5, 0.6) is 0 Å². The third kappa shape index (κ3) is 4.31. The van der Waals surface area contributed by atoms with Crippen molar-refractivity contribution in [3.05, 3.63) is 35.4 Å². The maximum atomic E-state index is 12.3. The monoisotopic (exact) mass is 252 g/mol. The van der Waals surface area contributed by atoms with Gasteiger partial charge in [0.2, 0.25) is 0 Å². The number of benzene rings is 1. The lowest BCUT2D eigenvalue weighted by Crippen LogP contribution is -2.15. The van der Waals surface area contributed by atoms with Crippen LogP contribution >= 0.6 is 0 Å². The molecule has 0 amide bonds. The fourth-order valence-corrected chi connectivity index (χ4v) is 2.06. The highest BCUT2D eigenvalue weighted by atomic mass is 28.2. The van der Waals surface area contributed by atoms with Gasteiger partial charge in [0.1, 0.15) is 0 Å². The second kappa shape index (κ2) is 5.44. The maximum Gasteiger partial charge on any atom is 0.416 e. The van der Waals surface area contributed by atoms with Gasteiger partial charge in [-0.2, -0.15) is 13.2 Å². The average Bonchev–Trinajstić information content (AvgIpc) is 2.16. The normalized spacial score (nSPS) is 12.9. The van der Waals surface area contributed by atoms with E-state index in [0.717, 1.165) is 12.1 Å². The van der Waals surface area contributed by atoms with Crippen LogP contribution in [0, 0.1) is 0 Å². The van der Waals surface area contributed by atoms with Crippen LogP contribution in [-0.2, 0) is 16.6 Å². The highest BCUT2D eigenvalue weighted by Gasteiger charge is 2.30. The second-order valence-corrected chi connectivity index (χ2v) is 4.39. The van der Waals surface area contributed by atoms with Gasteiger partial charge in [-0.25, -0.2) is 0 Å². The summed E-state index contributed by atoms with van der Waals surface area (Å²) in [5, 5.41) is 16.8. The van der Waals surface area contributed by atoms with E-state index in [1.807, 2.05) is 0 Å². The molecule has 0 unspecified atom stereocenters. The Kier molecular flexibility index (Phi) is 4.48. The van der Waals surface area contributed by atoms with Crippen LogP contribution < -0.4 is 0 Å². The van der Waals surface area contributed by atoms with Crippen LogP contribution in [0.1, 0.15) is 11.1 Å². The van der Waals surface area contributed by atoms with Gasteiger partial charge in [0.15, 0.2) is 9.76 Å². The van der Waals surface area contributed by atoms with Crippen LogP contribution in [0.25, 0.3) is 0 Å². The molecule has 0 radical (unpaired) electrons. The second-order valence-electron chi connectivity index (χ2n) is 3.15. The van der Waals surface area contributed by atoms with Gasteiger partial charge in [-0.1, -0.05) is 18.2 Å². The third-order valence-electron chi connectivity index (χ3n) is 1.91. The smallest absolute Gasteiger partial charge is 0.379 e. The summed E-state index contributed by atoms with van der Waals surface area (Å²) in [5.74, 6) is 0. The fourth-order valence-electron chi connectivity index (χ4n) is 1.19. The molecule has 16 heavy (non-hydrogen) atoms. The number of aliphatic hydroxyl groups is 2. The van der Waals surface area contributed by atoms with E-state index in [9.17, 15) is 13.2 Å². The Morgan fingerprint density at radius 1 is 1.31 bits per heavy atom. The average molecular weight is 252 g/mol. The molecule has 1 rings (SSSR count). The minimum Gasteiger partial charge on any atom is -0.379 e. The predicted octanol–water partition coefficient (Wildman–Crippen LogP) is 0.574. The first-order chi connectivity index (χ1) is 7.39. The molecule has 2 N–H and O–H groups in total. The van der Waals surface area contributed by atoms with Gasteiger partial charge in [-0.05, 0) is 17.7 Å². The summed E-state index contributed by atoms with van der Waals surface area (Å²) < 4.78 is 41.5. The Bertz CT molecular complexity index is 341. The molecule has 0 fully saturated rings. The van der Waals surface area contributed by atoms with Gasteiger partial charge in [0.05, 0.1) is 5.56 Å². The van der Waals surface area contributed by atoms with Crippen molar-refractivity contribution in [2.75, 3.05) is 0 Å². The lowest BCUT2D eigenvalue weighted by molar-refractivity contribution is -0.180. The number of alkyl halides is 3. The molecule has 90 valence electrons. The lowest BCUT2D eigenvalue weighted by atomic mass is 10.1. The van der Waals surface area contributed by atoms with Crippen LogP contribution in [0.15, 0.2) is 24.3 Å². The van der Waals surface area contributed by atoms with E-state index in [1.54, 1.807) is 6.07 Å². The Labute approximate surface area is 92.4 Å². The van der Waals surface area contributed by atoms with Gasteiger partial charge in [-0.3, -0.25) is 0 Å². The van der Waals surface area contributed by atoms with Crippen LogP contribution in [0.3, 0.4) is 0 Å². The molecule has 0 saturated carbocycles. The molecule has 0 aliphatic heterocycles. The van der Waals surface area contributed by atoms with Crippen LogP contribution in [0.2, 0.25) is 0 Å². The van der Waals surface area contributed by atoms with Crippen molar-refractivity contribution < 1.29 is 27.8 Å². The minimum absolute atomic E-state index is 0.321. The summed E-state index contributed by atoms with van der Waals surface area (Å²) in [4.78, 5) is 0. The highest BCUT2D eigenvalue weighted by molar-refractivity contribution is 6.26. The summed E-state index contributed by atoms with van der Waals surface area (Å²) in [6.07, 6.45) is -4.35. The Morgan fingerprint density at radius 2 is 2.00 bits per heavy atom. The van der Waals surface area contributed by atoms with Crippen molar-refractivity contribution in [3.63, 3.8) is 0 Å². The molecular weight excluding hydrogens is 241 g/mol. The molecule has 0 spiro atoms. The predicted molar refractivity (Wildman–Crippen MR) is 53.0 cm³/mol. The topological polar surface area (TPSA) is 49.7 Å². The van der Waals surface area contributed by atoms with Gasteiger partial charge in [0, 0.05) is 0 Å². The first-order valence-electron chi connectivity index (χ1n) is 4.53. The number of rotatable bonds is 4. The van der Waals surface area contributed by atoms with Crippen LogP contribution in [-0.4, -0.2) is 26.5 Å². The van der Waals surface area contributed by atoms with Crippen molar-refractivity contribution >= 4 is 9.76 Å². The summed E-state index contributed by atoms with van der Waals surface area (Å²) in [6.45, 7) is -1.84. The summed E-state index contributed by atoms with van der Waals surface area (Å²) in [7, 11) is -1.26. The molecule has 0 heterocycles. The summed E-state index contributed by atoms with van der Waals surface area (Å²) in [5.41, 5.74) is -0.217. The van der Waals surface area contributed by atoms with Crippen molar-refractivity contribution in [3.8, 4) is 0 Å². The standard InChI is InChI=1S/C9H11F3O3Si/c10-9(11,12)7-3-1-2-6(4-7)5-16-15-8(13)14/h1-4,8,13-14H,5,16H2. The van der Waals surface area contributed by atoms with E-state index in [0.29, 0.717) is 11.6 Å². The molecule has 1 aromatic rings. The number of hydrogen-bond donors (Lipinski definition) is 2. The van der Waals surface area contributed by atoms with Gasteiger partial charge in [-0.15, -0.1) is 0 Å². The molecule has 0 saturated heterocycles. The first-order valence-corrected chi connectivity index (χ1v) is 6.11. The lowest BCUT2D eigenvalue weighted by Gasteiger charge is -2.09. The first kappa shape index (κ1) is 13.2. The SMILES string of the molecule is OC(O)O[SiH2]Cc1cccc(C(F)(F)F)c1. The van der Waals surface area contributed by atoms with Gasteiger partial charge < -0.3 is 14.6 Å². The number of aliphatic hydroxyl groups excluding tert-OH is 1. The van der Waals surface area contributed by atoms with Crippen molar-refractivity contribution in [2.24, 2.45) is 0 Å². The molecule has 0 aromatic heterocycles. The number of halogens is 3. The van der Waals surface area contributed by atoms with Gasteiger partial charge >= 0.3 is 6.18 Å². The number of hydrogen-bond acceptors (Lipinski definition) is 3. The highest BCUT2D eigenvalue weighted by Crippen LogP contribution is 2.29. The molecule has 1 aromatic carbocycles. The molecular formula is C9H11F3O3Si. The fraction of sp³-hybridized carbons (Fsp3) is 0.333. The largest absolute Gasteiger partial charge is 0.416 e. The molecule has 3 nitrogen and oxygen atoms in total. The molecule has 0 bridgehead atoms.